The van der Waals surface area contributed by atoms with E-state index in [1.807, 2.05) is 94.1 Å². The van der Waals surface area contributed by atoms with Crippen LogP contribution in [0.4, 0.5) is 5.69 Å². The molecule has 0 bridgehead atoms. The molecule has 3 aliphatic heterocycles. The third kappa shape index (κ3) is 13.0. The van der Waals surface area contributed by atoms with Crippen LogP contribution in [-0.4, -0.2) is 178 Å². The van der Waals surface area contributed by atoms with Crippen LogP contribution in [0.3, 0.4) is 0 Å². The lowest BCUT2D eigenvalue weighted by Crippen LogP contribution is -2.60. The first-order chi connectivity index (χ1) is 31.3. The molecule has 0 spiro atoms. The number of benzene rings is 2. The molecular weight excluding hydrogens is 881 g/mol. The minimum atomic E-state index is -1.91. The molecule has 380 valence electrons. The van der Waals surface area contributed by atoms with Gasteiger partial charge in [-0.1, -0.05) is 57.2 Å². The normalized spacial score (nSPS) is 41.0. The zero-order valence-electron chi connectivity index (χ0n) is 42.0. The Labute approximate surface area is 403 Å². The first-order valence-corrected chi connectivity index (χ1v) is 24.5. The summed E-state index contributed by atoms with van der Waals surface area (Å²) in [4.78, 5) is 18.5. The summed E-state index contributed by atoms with van der Waals surface area (Å²) in [6, 6.07) is 13.0. The van der Waals surface area contributed by atoms with Crippen LogP contribution in [0.2, 0.25) is 0 Å². The summed E-state index contributed by atoms with van der Waals surface area (Å²) in [7, 11) is 5.28. The van der Waals surface area contributed by atoms with Gasteiger partial charge >= 0.3 is 5.97 Å². The number of methoxy groups -OCH3 is 1. The number of hydrogen-bond acceptors (Lipinski definition) is 15. The van der Waals surface area contributed by atoms with Crippen molar-refractivity contribution in [3.63, 3.8) is 0 Å². The van der Waals surface area contributed by atoms with E-state index in [1.165, 1.54) is 14.0 Å². The first-order valence-electron chi connectivity index (χ1n) is 24.1. The molecule has 0 amide bonds. The van der Waals surface area contributed by atoms with E-state index in [-0.39, 0.29) is 37.3 Å². The Balaban J connectivity index is 1.51. The predicted octanol–water partition coefficient (Wildman–Crippen LogP) is 4.41. The highest BCUT2D eigenvalue weighted by Crippen LogP contribution is 2.40. The zero-order valence-corrected chi connectivity index (χ0v) is 42.9. The quantitative estimate of drug-likeness (QED) is 0.123. The van der Waals surface area contributed by atoms with Gasteiger partial charge in [0.15, 0.2) is 17.7 Å². The highest BCUT2D eigenvalue weighted by atomic mass is 32.1. The molecule has 3 aliphatic rings. The molecule has 0 saturated carbocycles. The van der Waals surface area contributed by atoms with Crippen molar-refractivity contribution in [1.82, 2.24) is 15.1 Å². The van der Waals surface area contributed by atoms with Gasteiger partial charge < -0.3 is 69.5 Å². The van der Waals surface area contributed by atoms with Crippen LogP contribution in [-0.2, 0) is 33.2 Å². The summed E-state index contributed by atoms with van der Waals surface area (Å²) in [5, 5.41) is 69.2. The number of esters is 1. The molecule has 0 radical (unpaired) electrons. The molecule has 18 atom stereocenters. The van der Waals surface area contributed by atoms with Crippen molar-refractivity contribution in [2.75, 3.05) is 46.2 Å². The Bertz CT molecular complexity index is 1920. The second kappa shape index (κ2) is 23.1. The number of thiocarbonyl (C=S) groups is 1. The lowest BCUT2D eigenvalue weighted by molar-refractivity contribution is -0.318. The van der Waals surface area contributed by atoms with Gasteiger partial charge in [0, 0.05) is 62.2 Å². The van der Waals surface area contributed by atoms with E-state index >= 15 is 0 Å². The summed E-state index contributed by atoms with van der Waals surface area (Å²) < 4.78 is 38.2. The van der Waals surface area contributed by atoms with Gasteiger partial charge in [-0.3, -0.25) is 9.69 Å². The van der Waals surface area contributed by atoms with Crippen molar-refractivity contribution in [3.8, 4) is 0 Å². The monoisotopic (exact) mass is 963 g/mol. The number of anilines is 1. The van der Waals surface area contributed by atoms with Crippen molar-refractivity contribution in [1.29, 1.82) is 0 Å². The van der Waals surface area contributed by atoms with Crippen molar-refractivity contribution in [3.05, 3.63) is 42.5 Å². The molecular formula is C50H82N4O12S. The number of fused-ring (bicyclic) bond motifs is 1. The fourth-order valence-electron chi connectivity index (χ4n) is 10.7. The van der Waals surface area contributed by atoms with Gasteiger partial charge in [0.2, 0.25) is 0 Å². The highest BCUT2D eigenvalue weighted by Gasteiger charge is 2.53. The van der Waals surface area contributed by atoms with E-state index < -0.39 is 96.0 Å². The average molecular weight is 963 g/mol. The van der Waals surface area contributed by atoms with E-state index in [0.29, 0.717) is 31.2 Å². The Hall–Kier alpha value is -2.62. The molecule has 3 fully saturated rings. The minimum absolute atomic E-state index is 0.108. The molecule has 7 N–H and O–H groups in total. The number of cyclic esters (lactones) is 1. The van der Waals surface area contributed by atoms with Gasteiger partial charge in [-0.05, 0) is 111 Å². The third-order valence-corrected chi connectivity index (χ3v) is 15.0. The third-order valence-electron chi connectivity index (χ3n) is 14.8. The maximum atomic E-state index is 14.6. The molecule has 67 heavy (non-hydrogen) atoms. The molecule has 2 aromatic carbocycles. The molecule has 0 aliphatic carbocycles. The smallest absolute Gasteiger partial charge is 0.311 e. The van der Waals surface area contributed by atoms with Crippen molar-refractivity contribution < 1.29 is 58.7 Å². The number of aliphatic hydroxyl groups is 5. The van der Waals surface area contributed by atoms with E-state index in [9.17, 15) is 30.3 Å². The van der Waals surface area contributed by atoms with Crippen LogP contribution in [0.1, 0.15) is 94.9 Å². The number of rotatable bonds is 11. The SMILES string of the molecule is CC[C@H]1OC(=O)[C@H](C)[C@@H](O[C@H]2C[C@@](C)(OC)[C@@H](O)[C@H](C)O2)[C@H](C)[C@@H](O[C@@H]2O[C@H](C)C[C@H](N(C)C)[C@H]2O)[C@](C)(O)C[C@@H](C)CN(CCNC(=S)Nc2cccc3ccccc23)[C@H](C)[C@@H](O)[C@]1(C)O. The van der Waals surface area contributed by atoms with Crippen molar-refractivity contribution in [2.24, 2.45) is 17.8 Å². The maximum Gasteiger partial charge on any atom is 0.311 e. The lowest BCUT2D eigenvalue weighted by Gasteiger charge is -2.48. The van der Waals surface area contributed by atoms with E-state index in [4.69, 9.17) is 40.6 Å². The Kier molecular flexibility index (Phi) is 19.0. The van der Waals surface area contributed by atoms with Crippen LogP contribution in [0.25, 0.3) is 10.8 Å². The van der Waals surface area contributed by atoms with Crippen LogP contribution in [0.5, 0.6) is 0 Å². The van der Waals surface area contributed by atoms with Crippen LogP contribution in [0.15, 0.2) is 42.5 Å². The number of carbonyl (C=O) groups excluding carboxylic acids is 1. The lowest BCUT2D eigenvalue weighted by atomic mass is 9.77. The zero-order chi connectivity index (χ0) is 49.8. The van der Waals surface area contributed by atoms with Crippen molar-refractivity contribution >= 4 is 39.8 Å². The number of aliphatic hydroxyl groups excluding tert-OH is 3. The van der Waals surface area contributed by atoms with Gasteiger partial charge in [0.25, 0.3) is 0 Å². The molecule has 17 heteroatoms. The van der Waals surface area contributed by atoms with E-state index in [1.54, 1.807) is 34.6 Å². The van der Waals surface area contributed by atoms with E-state index in [2.05, 4.69) is 10.6 Å². The summed E-state index contributed by atoms with van der Waals surface area (Å²) in [6.07, 6.45) is -8.90. The number of ether oxygens (including phenoxy) is 6. The standard InChI is InChI=1S/C50H82N4O12S/c1-14-38-50(10,60)42(56)32(6)54(23-22-51-47(67)52-36-21-17-19-34-18-15-16-20-35(34)36)27-28(2)25-48(8,59)44(66-46-40(55)37(53(11)12)24-29(3)62-46)30(4)41(31(5)45(58)64-38)65-39-26-49(9,61-13)43(57)33(7)63-39/h15-21,28-33,37-44,46,55-57,59-60H,14,22-27H2,1-13H3,(H2,51,52,67)/t28-,29-,30+,31-,32-,33+,37+,38-,39+,40-,41+,42-,43+,44-,46+,48-,49-,50-/m1/s1. The second-order valence-corrected chi connectivity index (χ2v) is 21.0. The predicted molar refractivity (Wildman–Crippen MR) is 261 cm³/mol. The van der Waals surface area contributed by atoms with Crippen LogP contribution in [0, 0.1) is 17.8 Å². The molecule has 0 unspecified atom stereocenters. The topological polar surface area (TPSA) is 204 Å². The Morgan fingerprint density at radius 1 is 0.940 bits per heavy atom. The summed E-state index contributed by atoms with van der Waals surface area (Å²) >= 11 is 5.75. The molecule has 3 saturated heterocycles. The molecule has 5 rings (SSSR count). The number of hydrogen-bond donors (Lipinski definition) is 7. The first kappa shape index (κ1) is 55.3. The molecule has 3 heterocycles. The summed E-state index contributed by atoms with van der Waals surface area (Å²) in [6.45, 7) is 18.7. The molecule has 16 nitrogen and oxygen atoms in total. The number of carbonyl (C=O) groups is 1. The summed E-state index contributed by atoms with van der Waals surface area (Å²) in [5.41, 5.74) is -3.75. The van der Waals surface area contributed by atoms with Crippen molar-refractivity contribution in [2.45, 2.75) is 185 Å². The van der Waals surface area contributed by atoms with Crippen LogP contribution >= 0.6 is 12.2 Å². The second-order valence-electron chi connectivity index (χ2n) is 20.6. The number of nitrogens with one attached hydrogen (secondary N) is 2. The highest BCUT2D eigenvalue weighted by molar-refractivity contribution is 7.80. The van der Waals surface area contributed by atoms with Crippen LogP contribution < -0.4 is 10.6 Å². The fourth-order valence-corrected chi connectivity index (χ4v) is 10.9. The van der Waals surface area contributed by atoms with Gasteiger partial charge in [0.1, 0.15) is 30.0 Å². The molecule has 2 aromatic rings. The van der Waals surface area contributed by atoms with Gasteiger partial charge in [-0.15, -0.1) is 0 Å². The minimum Gasteiger partial charge on any atom is -0.459 e. The van der Waals surface area contributed by atoms with E-state index in [0.717, 1.165) is 16.5 Å². The van der Waals surface area contributed by atoms with Gasteiger partial charge in [0.05, 0.1) is 41.5 Å². The van der Waals surface area contributed by atoms with Gasteiger partial charge in [-0.2, -0.15) is 0 Å². The largest absolute Gasteiger partial charge is 0.459 e. The maximum absolute atomic E-state index is 14.6. The number of nitrogens with zero attached hydrogens (tertiary/aromatic N) is 2. The number of likely N-dealkylation sites (N-methyl/N-ethyl adjacent to an activating group) is 1. The average Bonchev–Trinajstić information content (AvgIpc) is 3.27. The summed E-state index contributed by atoms with van der Waals surface area (Å²) in [5.74, 6) is -2.83. The Morgan fingerprint density at radius 2 is 1.61 bits per heavy atom. The fraction of sp³-hybridized carbons (Fsp3) is 0.760. The van der Waals surface area contributed by atoms with Gasteiger partial charge in [-0.25, -0.2) is 0 Å². The Morgan fingerprint density at radius 3 is 2.27 bits per heavy atom. The molecule has 0 aromatic heterocycles.